The highest BCUT2D eigenvalue weighted by Gasteiger charge is 2.04. The molecule has 0 aliphatic rings. The molecular weight excluding hydrogens is 160 g/mol. The maximum atomic E-state index is 5.74. The second-order valence-corrected chi connectivity index (χ2v) is 3.64. The Labute approximate surface area is 80.4 Å². The van der Waals surface area contributed by atoms with E-state index in [0.29, 0.717) is 0 Å². The van der Waals surface area contributed by atoms with Crippen molar-refractivity contribution in [1.82, 2.24) is 0 Å². The molecule has 0 saturated carbocycles. The largest absolute Gasteiger partial charge is 0.373 e. The predicted molar refractivity (Wildman–Crippen MR) is 58.1 cm³/mol. The van der Waals surface area contributed by atoms with Crippen LogP contribution >= 0.6 is 0 Å². The molecule has 1 atom stereocenters. The van der Waals surface area contributed by atoms with Crippen molar-refractivity contribution in [3.63, 3.8) is 0 Å². The molecule has 0 saturated heterocycles. The molecule has 0 unspecified atom stereocenters. The quantitative estimate of drug-likeness (QED) is 0.764. The molecule has 2 nitrogen and oxygen atoms in total. The van der Waals surface area contributed by atoms with Crippen LogP contribution in [0.25, 0.3) is 0 Å². The second kappa shape index (κ2) is 4.28. The van der Waals surface area contributed by atoms with Gasteiger partial charge in [-0.2, -0.15) is 0 Å². The first-order valence-electron chi connectivity index (χ1n) is 4.63. The van der Waals surface area contributed by atoms with Gasteiger partial charge in [0.1, 0.15) is 0 Å². The number of nitrogens with two attached hydrogens (primary N) is 1. The van der Waals surface area contributed by atoms with E-state index in [1.165, 1.54) is 11.3 Å². The summed E-state index contributed by atoms with van der Waals surface area (Å²) in [4.78, 5) is 2.19. The Hall–Kier alpha value is -1.02. The Morgan fingerprint density at radius 3 is 2.54 bits per heavy atom. The summed E-state index contributed by atoms with van der Waals surface area (Å²) in [5.74, 6) is 0. The topological polar surface area (TPSA) is 29.3 Å². The van der Waals surface area contributed by atoms with Crippen molar-refractivity contribution >= 4 is 5.69 Å². The fourth-order valence-corrected chi connectivity index (χ4v) is 1.52. The van der Waals surface area contributed by atoms with Crippen molar-refractivity contribution in [2.24, 2.45) is 5.73 Å². The van der Waals surface area contributed by atoms with E-state index in [-0.39, 0.29) is 6.04 Å². The van der Waals surface area contributed by atoms with Gasteiger partial charge in [-0.25, -0.2) is 0 Å². The number of likely N-dealkylation sites (N-methyl/N-ethyl adjacent to an activating group) is 1. The highest BCUT2D eigenvalue weighted by Crippen LogP contribution is 2.17. The average molecular weight is 178 g/mol. The third kappa shape index (κ3) is 2.74. The van der Waals surface area contributed by atoms with Gasteiger partial charge in [-0.1, -0.05) is 18.2 Å². The molecule has 0 spiro atoms. The van der Waals surface area contributed by atoms with E-state index in [0.717, 1.165) is 6.54 Å². The molecule has 2 heteroatoms. The van der Waals surface area contributed by atoms with Crippen LogP contribution in [-0.4, -0.2) is 19.6 Å². The number of anilines is 1. The van der Waals surface area contributed by atoms with E-state index in [9.17, 15) is 0 Å². The standard InChI is InChI=1S/C11H18N2/c1-9-6-4-5-7-11(9)13(3)8-10(2)12/h4-7,10H,8,12H2,1-3H3/t10-/m0/s1. The summed E-state index contributed by atoms with van der Waals surface area (Å²) >= 11 is 0. The lowest BCUT2D eigenvalue weighted by Crippen LogP contribution is -2.33. The zero-order valence-corrected chi connectivity index (χ0v) is 8.62. The third-order valence-corrected chi connectivity index (χ3v) is 2.09. The van der Waals surface area contributed by atoms with Crippen LogP contribution in [0.5, 0.6) is 0 Å². The molecule has 0 heterocycles. The van der Waals surface area contributed by atoms with E-state index in [4.69, 9.17) is 5.73 Å². The van der Waals surface area contributed by atoms with Crippen molar-refractivity contribution in [2.75, 3.05) is 18.5 Å². The van der Waals surface area contributed by atoms with Crippen LogP contribution in [0.4, 0.5) is 5.69 Å². The van der Waals surface area contributed by atoms with E-state index in [1.54, 1.807) is 0 Å². The predicted octanol–water partition coefficient (Wildman–Crippen LogP) is 1.78. The summed E-state index contributed by atoms with van der Waals surface area (Å²) in [6, 6.07) is 8.56. The van der Waals surface area contributed by atoms with Gasteiger partial charge in [0.15, 0.2) is 0 Å². The van der Waals surface area contributed by atoms with Gasteiger partial charge < -0.3 is 10.6 Å². The van der Waals surface area contributed by atoms with Crippen LogP contribution in [0.3, 0.4) is 0 Å². The maximum absolute atomic E-state index is 5.74. The normalized spacial score (nSPS) is 12.6. The van der Waals surface area contributed by atoms with Crippen LogP contribution in [0.1, 0.15) is 12.5 Å². The Morgan fingerprint density at radius 2 is 2.00 bits per heavy atom. The maximum Gasteiger partial charge on any atom is 0.0393 e. The van der Waals surface area contributed by atoms with Gasteiger partial charge in [0.25, 0.3) is 0 Å². The molecule has 0 amide bonds. The molecule has 0 fully saturated rings. The number of nitrogens with zero attached hydrogens (tertiary/aromatic N) is 1. The zero-order chi connectivity index (χ0) is 9.84. The van der Waals surface area contributed by atoms with E-state index >= 15 is 0 Å². The number of para-hydroxylation sites is 1. The molecule has 0 bridgehead atoms. The summed E-state index contributed by atoms with van der Waals surface area (Å²) in [6.07, 6.45) is 0. The summed E-state index contributed by atoms with van der Waals surface area (Å²) in [6.45, 7) is 5.03. The van der Waals surface area contributed by atoms with Gasteiger partial charge in [-0.3, -0.25) is 0 Å². The van der Waals surface area contributed by atoms with Gasteiger partial charge in [0.2, 0.25) is 0 Å². The number of hydrogen-bond acceptors (Lipinski definition) is 2. The van der Waals surface area contributed by atoms with Crippen molar-refractivity contribution in [2.45, 2.75) is 19.9 Å². The Morgan fingerprint density at radius 1 is 1.38 bits per heavy atom. The van der Waals surface area contributed by atoms with Crippen LogP contribution in [0.15, 0.2) is 24.3 Å². The van der Waals surface area contributed by atoms with E-state index < -0.39 is 0 Å². The molecule has 0 aromatic heterocycles. The van der Waals surface area contributed by atoms with Crippen LogP contribution in [0.2, 0.25) is 0 Å². The second-order valence-electron chi connectivity index (χ2n) is 3.64. The fourth-order valence-electron chi connectivity index (χ4n) is 1.52. The van der Waals surface area contributed by atoms with Gasteiger partial charge in [0, 0.05) is 25.3 Å². The molecular formula is C11H18N2. The van der Waals surface area contributed by atoms with Crippen LogP contribution < -0.4 is 10.6 Å². The molecule has 0 radical (unpaired) electrons. The number of hydrogen-bond donors (Lipinski definition) is 1. The molecule has 0 aliphatic carbocycles. The van der Waals surface area contributed by atoms with Gasteiger partial charge >= 0.3 is 0 Å². The number of aryl methyl sites for hydroxylation is 1. The minimum atomic E-state index is 0.213. The monoisotopic (exact) mass is 178 g/mol. The smallest absolute Gasteiger partial charge is 0.0393 e. The lowest BCUT2D eigenvalue weighted by Gasteiger charge is -2.23. The highest BCUT2D eigenvalue weighted by atomic mass is 15.1. The van der Waals surface area contributed by atoms with E-state index in [1.807, 2.05) is 6.92 Å². The molecule has 1 aromatic rings. The minimum absolute atomic E-state index is 0.213. The molecule has 1 rings (SSSR count). The van der Waals surface area contributed by atoms with Crippen molar-refractivity contribution in [1.29, 1.82) is 0 Å². The number of benzene rings is 1. The lowest BCUT2D eigenvalue weighted by molar-refractivity contribution is 0.716. The molecule has 72 valence electrons. The van der Waals surface area contributed by atoms with Crippen molar-refractivity contribution in [3.05, 3.63) is 29.8 Å². The van der Waals surface area contributed by atoms with Crippen LogP contribution in [0, 0.1) is 6.92 Å². The van der Waals surface area contributed by atoms with Gasteiger partial charge in [-0.05, 0) is 25.5 Å². The zero-order valence-electron chi connectivity index (χ0n) is 8.62. The molecule has 1 aromatic carbocycles. The summed E-state index contributed by atoms with van der Waals surface area (Å²) in [5, 5.41) is 0. The number of rotatable bonds is 3. The Balaban J connectivity index is 2.76. The summed E-state index contributed by atoms with van der Waals surface area (Å²) in [5.41, 5.74) is 8.30. The Kier molecular flexibility index (Phi) is 3.32. The van der Waals surface area contributed by atoms with Gasteiger partial charge in [0.05, 0.1) is 0 Å². The average Bonchev–Trinajstić information content (AvgIpc) is 2.03. The first-order chi connectivity index (χ1) is 6.11. The molecule has 0 aliphatic heterocycles. The third-order valence-electron chi connectivity index (χ3n) is 2.09. The van der Waals surface area contributed by atoms with E-state index in [2.05, 4.69) is 43.1 Å². The summed E-state index contributed by atoms with van der Waals surface area (Å²) in [7, 11) is 2.08. The first kappa shape index (κ1) is 10.1. The van der Waals surface area contributed by atoms with Crippen molar-refractivity contribution < 1.29 is 0 Å². The molecule has 13 heavy (non-hydrogen) atoms. The summed E-state index contributed by atoms with van der Waals surface area (Å²) < 4.78 is 0. The Bertz CT molecular complexity index is 269. The first-order valence-corrected chi connectivity index (χ1v) is 4.63. The van der Waals surface area contributed by atoms with Gasteiger partial charge in [-0.15, -0.1) is 0 Å². The minimum Gasteiger partial charge on any atom is -0.373 e. The SMILES string of the molecule is Cc1ccccc1N(C)C[C@H](C)N. The van der Waals surface area contributed by atoms with Crippen molar-refractivity contribution in [3.8, 4) is 0 Å². The van der Waals surface area contributed by atoms with Crippen LogP contribution in [-0.2, 0) is 0 Å². The molecule has 2 N–H and O–H groups in total. The lowest BCUT2D eigenvalue weighted by atomic mass is 10.2. The fraction of sp³-hybridized carbons (Fsp3) is 0.455. The highest BCUT2D eigenvalue weighted by molar-refractivity contribution is 5.52.